The summed E-state index contributed by atoms with van der Waals surface area (Å²) >= 11 is 1.78. The molecule has 0 spiro atoms. The molecule has 0 unspecified atom stereocenters. The van der Waals surface area contributed by atoms with Gasteiger partial charge in [0.1, 0.15) is 0 Å². The van der Waals surface area contributed by atoms with Crippen LogP contribution in [0, 0.1) is 0 Å². The second-order valence-corrected chi connectivity index (χ2v) is 8.05. The van der Waals surface area contributed by atoms with E-state index in [1.165, 1.54) is 29.0 Å². The normalized spacial score (nSPS) is 13.1. The second kappa shape index (κ2) is 9.65. The van der Waals surface area contributed by atoms with E-state index in [2.05, 4.69) is 22.5 Å². The summed E-state index contributed by atoms with van der Waals surface area (Å²) in [6, 6.07) is 7.79. The Morgan fingerprint density at radius 2 is 1.96 bits per heavy atom. The smallest absolute Gasteiger partial charge is 0.224 e. The van der Waals surface area contributed by atoms with Crippen LogP contribution in [0.1, 0.15) is 53.7 Å². The Balaban J connectivity index is 1.35. The minimum absolute atomic E-state index is 0.0891. The first-order valence-corrected chi connectivity index (χ1v) is 10.6. The molecule has 0 fully saturated rings. The predicted octanol–water partition coefficient (Wildman–Crippen LogP) is 3.66. The summed E-state index contributed by atoms with van der Waals surface area (Å²) in [6.45, 7) is 2.65. The number of aryl methyl sites for hydroxylation is 3. The molecule has 2 aromatic rings. The van der Waals surface area contributed by atoms with Crippen molar-refractivity contribution in [1.29, 1.82) is 0 Å². The molecule has 1 aliphatic carbocycles. The van der Waals surface area contributed by atoms with E-state index in [4.69, 9.17) is 0 Å². The van der Waals surface area contributed by atoms with Gasteiger partial charge in [0, 0.05) is 36.4 Å². The van der Waals surface area contributed by atoms with E-state index >= 15 is 0 Å². The third kappa shape index (κ3) is 5.89. The van der Waals surface area contributed by atoms with Crippen LogP contribution in [-0.2, 0) is 35.3 Å². The fourth-order valence-electron chi connectivity index (χ4n) is 3.23. The SMILES string of the molecule is CCc1cccc(NC(=O)CCC(=O)NCCc2nc3c(s2)CCCC3)c1. The molecule has 0 aliphatic heterocycles. The molecule has 3 rings (SSSR count). The summed E-state index contributed by atoms with van der Waals surface area (Å²) in [4.78, 5) is 30.1. The lowest BCUT2D eigenvalue weighted by Gasteiger charge is -2.07. The van der Waals surface area contributed by atoms with Crippen LogP contribution in [0.15, 0.2) is 24.3 Å². The minimum atomic E-state index is -0.133. The van der Waals surface area contributed by atoms with Crippen LogP contribution in [0.2, 0.25) is 0 Å². The van der Waals surface area contributed by atoms with E-state index in [-0.39, 0.29) is 24.7 Å². The van der Waals surface area contributed by atoms with Gasteiger partial charge in [0.25, 0.3) is 0 Å². The molecule has 1 aromatic carbocycles. The molecule has 0 radical (unpaired) electrons. The quantitative estimate of drug-likeness (QED) is 0.728. The molecule has 2 N–H and O–H groups in total. The number of hydrogen-bond acceptors (Lipinski definition) is 4. The Hall–Kier alpha value is -2.21. The van der Waals surface area contributed by atoms with Gasteiger partial charge in [0.15, 0.2) is 0 Å². The first-order valence-electron chi connectivity index (χ1n) is 9.77. The van der Waals surface area contributed by atoms with Crippen molar-refractivity contribution in [3.05, 3.63) is 45.4 Å². The van der Waals surface area contributed by atoms with Gasteiger partial charge in [-0.15, -0.1) is 11.3 Å². The summed E-state index contributed by atoms with van der Waals surface area (Å²) in [5.41, 5.74) is 3.22. The fourth-order valence-corrected chi connectivity index (χ4v) is 4.39. The number of anilines is 1. The Bertz CT molecular complexity index is 777. The maximum atomic E-state index is 12.0. The predicted molar refractivity (Wildman–Crippen MR) is 109 cm³/mol. The van der Waals surface area contributed by atoms with E-state index in [0.717, 1.165) is 36.4 Å². The number of nitrogens with one attached hydrogen (secondary N) is 2. The van der Waals surface area contributed by atoms with E-state index in [0.29, 0.717) is 6.54 Å². The average Bonchev–Trinajstić information content (AvgIpc) is 3.09. The topological polar surface area (TPSA) is 71.1 Å². The summed E-state index contributed by atoms with van der Waals surface area (Å²) in [7, 11) is 0. The second-order valence-electron chi connectivity index (χ2n) is 6.89. The molecule has 0 saturated carbocycles. The van der Waals surface area contributed by atoms with Crippen molar-refractivity contribution in [2.45, 2.75) is 58.3 Å². The molecule has 27 heavy (non-hydrogen) atoms. The van der Waals surface area contributed by atoms with Gasteiger partial charge in [-0.05, 0) is 49.8 Å². The van der Waals surface area contributed by atoms with Gasteiger partial charge in [0.05, 0.1) is 10.7 Å². The maximum absolute atomic E-state index is 12.0. The molecule has 0 atom stereocenters. The van der Waals surface area contributed by atoms with Gasteiger partial charge < -0.3 is 10.6 Å². The summed E-state index contributed by atoms with van der Waals surface area (Å²) < 4.78 is 0. The number of thiazole rings is 1. The number of amides is 2. The van der Waals surface area contributed by atoms with Crippen LogP contribution in [0.4, 0.5) is 5.69 Å². The van der Waals surface area contributed by atoms with Crippen molar-refractivity contribution in [2.24, 2.45) is 0 Å². The molecular weight excluding hydrogens is 358 g/mol. The van der Waals surface area contributed by atoms with Crippen LogP contribution < -0.4 is 10.6 Å². The van der Waals surface area contributed by atoms with Crippen LogP contribution in [0.25, 0.3) is 0 Å². The highest BCUT2D eigenvalue weighted by Crippen LogP contribution is 2.26. The fraction of sp³-hybridized carbons (Fsp3) is 0.476. The zero-order valence-electron chi connectivity index (χ0n) is 15.8. The summed E-state index contributed by atoms with van der Waals surface area (Å²) in [5, 5.41) is 6.86. The van der Waals surface area contributed by atoms with Crippen molar-refractivity contribution in [2.75, 3.05) is 11.9 Å². The Morgan fingerprint density at radius 3 is 2.78 bits per heavy atom. The number of nitrogens with zero attached hydrogens (tertiary/aromatic N) is 1. The van der Waals surface area contributed by atoms with E-state index in [1.807, 2.05) is 24.3 Å². The lowest BCUT2D eigenvalue weighted by Crippen LogP contribution is -2.26. The summed E-state index contributed by atoms with van der Waals surface area (Å²) in [5.74, 6) is -0.222. The van der Waals surface area contributed by atoms with Gasteiger partial charge in [-0.2, -0.15) is 0 Å². The number of hydrogen-bond donors (Lipinski definition) is 2. The molecule has 6 heteroatoms. The van der Waals surface area contributed by atoms with E-state index in [9.17, 15) is 9.59 Å². The lowest BCUT2D eigenvalue weighted by atomic mass is 10.0. The van der Waals surface area contributed by atoms with Gasteiger partial charge >= 0.3 is 0 Å². The molecule has 2 amide bonds. The third-order valence-electron chi connectivity index (χ3n) is 4.75. The van der Waals surface area contributed by atoms with E-state index in [1.54, 1.807) is 11.3 Å². The lowest BCUT2D eigenvalue weighted by molar-refractivity contribution is -0.124. The van der Waals surface area contributed by atoms with Crippen LogP contribution in [0.5, 0.6) is 0 Å². The Labute approximate surface area is 164 Å². The largest absolute Gasteiger partial charge is 0.356 e. The molecular formula is C21H27N3O2S. The number of rotatable bonds is 8. The van der Waals surface area contributed by atoms with Gasteiger partial charge in [-0.1, -0.05) is 19.1 Å². The maximum Gasteiger partial charge on any atom is 0.224 e. The van der Waals surface area contributed by atoms with Crippen molar-refractivity contribution >= 4 is 28.8 Å². The van der Waals surface area contributed by atoms with Crippen molar-refractivity contribution < 1.29 is 9.59 Å². The Morgan fingerprint density at radius 1 is 1.15 bits per heavy atom. The summed E-state index contributed by atoms with van der Waals surface area (Å²) in [6.07, 6.45) is 6.81. The molecule has 0 bridgehead atoms. The number of aromatic nitrogens is 1. The first-order chi connectivity index (χ1) is 13.1. The third-order valence-corrected chi connectivity index (χ3v) is 5.97. The molecule has 144 valence electrons. The van der Waals surface area contributed by atoms with Crippen LogP contribution >= 0.6 is 11.3 Å². The van der Waals surface area contributed by atoms with Gasteiger partial charge in [-0.25, -0.2) is 4.98 Å². The van der Waals surface area contributed by atoms with Crippen LogP contribution in [-0.4, -0.2) is 23.3 Å². The Kier molecular flexibility index (Phi) is 6.98. The highest BCUT2D eigenvalue weighted by atomic mass is 32.1. The monoisotopic (exact) mass is 385 g/mol. The highest BCUT2D eigenvalue weighted by molar-refractivity contribution is 7.11. The minimum Gasteiger partial charge on any atom is -0.356 e. The van der Waals surface area contributed by atoms with Gasteiger partial charge in [-0.3, -0.25) is 9.59 Å². The number of benzene rings is 1. The zero-order chi connectivity index (χ0) is 19.1. The van der Waals surface area contributed by atoms with Crippen molar-refractivity contribution in [1.82, 2.24) is 10.3 Å². The van der Waals surface area contributed by atoms with Crippen molar-refractivity contribution in [3.63, 3.8) is 0 Å². The number of carbonyl (C=O) groups is 2. The van der Waals surface area contributed by atoms with Crippen LogP contribution in [0.3, 0.4) is 0 Å². The average molecular weight is 386 g/mol. The van der Waals surface area contributed by atoms with E-state index < -0.39 is 0 Å². The number of fused-ring (bicyclic) bond motifs is 1. The molecule has 1 heterocycles. The zero-order valence-corrected chi connectivity index (χ0v) is 16.7. The molecule has 1 aromatic heterocycles. The molecule has 1 aliphatic rings. The number of carbonyl (C=O) groups excluding carboxylic acids is 2. The molecule has 5 nitrogen and oxygen atoms in total. The first kappa shape index (κ1) is 19.5. The van der Waals surface area contributed by atoms with Crippen molar-refractivity contribution in [3.8, 4) is 0 Å². The van der Waals surface area contributed by atoms with Gasteiger partial charge in [0.2, 0.25) is 11.8 Å². The highest BCUT2D eigenvalue weighted by Gasteiger charge is 2.15. The standard InChI is InChI=1S/C21H27N3O2S/c1-2-15-6-5-7-16(14-15)23-20(26)11-10-19(25)22-13-12-21-24-17-8-3-4-9-18(17)27-21/h5-7,14H,2-4,8-13H2,1H3,(H,22,25)(H,23,26). The molecule has 0 saturated heterocycles.